The van der Waals surface area contributed by atoms with Gasteiger partial charge in [0.05, 0.1) is 18.4 Å². The van der Waals surface area contributed by atoms with E-state index in [9.17, 15) is 9.59 Å². The molecule has 0 atom stereocenters. The summed E-state index contributed by atoms with van der Waals surface area (Å²) < 4.78 is 4.69. The van der Waals surface area contributed by atoms with Crippen molar-refractivity contribution >= 4 is 17.6 Å². The molecule has 0 fully saturated rings. The Balaban J connectivity index is 1.92. The summed E-state index contributed by atoms with van der Waals surface area (Å²) in [5.74, 6) is -0.713. The predicted octanol–water partition coefficient (Wildman–Crippen LogP) is 3.67. The smallest absolute Gasteiger partial charge is 0.337 e. The predicted molar refractivity (Wildman–Crippen MR) is 106 cm³/mol. The number of rotatable bonds is 8. The van der Waals surface area contributed by atoms with Crippen molar-refractivity contribution in [2.24, 2.45) is 0 Å². The molecule has 0 saturated carbocycles. The first-order valence-electron chi connectivity index (χ1n) is 8.84. The topological polar surface area (TPSA) is 79.3 Å². The van der Waals surface area contributed by atoms with Gasteiger partial charge in [0.15, 0.2) is 0 Å². The van der Waals surface area contributed by atoms with Gasteiger partial charge in [0, 0.05) is 12.6 Å². The zero-order valence-electron chi connectivity index (χ0n) is 15.6. The van der Waals surface area contributed by atoms with Crippen LogP contribution >= 0.6 is 0 Å². The van der Waals surface area contributed by atoms with E-state index < -0.39 is 5.97 Å². The number of methoxy groups -OCH3 is 1. The molecular formula is C22H24N2O3. The van der Waals surface area contributed by atoms with Gasteiger partial charge in [-0.25, -0.2) is 4.79 Å². The van der Waals surface area contributed by atoms with Gasteiger partial charge in [-0.3, -0.25) is 4.79 Å². The van der Waals surface area contributed by atoms with Gasteiger partial charge in [-0.05, 0) is 47.4 Å². The average molecular weight is 364 g/mol. The van der Waals surface area contributed by atoms with Gasteiger partial charge in [0.1, 0.15) is 0 Å². The van der Waals surface area contributed by atoms with E-state index in [1.54, 1.807) is 18.2 Å². The Morgan fingerprint density at radius 3 is 2.41 bits per heavy atom. The molecule has 0 aliphatic rings. The van der Waals surface area contributed by atoms with Gasteiger partial charge < -0.3 is 15.5 Å². The third-order valence-corrected chi connectivity index (χ3v) is 3.99. The second-order valence-electron chi connectivity index (χ2n) is 6.11. The quantitative estimate of drug-likeness (QED) is 0.426. The summed E-state index contributed by atoms with van der Waals surface area (Å²) >= 11 is 0. The molecule has 0 aromatic heterocycles. The minimum absolute atomic E-state index is 0.285. The number of carbonyl (C=O) groups excluding carboxylic acids is 2. The highest BCUT2D eigenvalue weighted by molar-refractivity contribution is 6.09. The van der Waals surface area contributed by atoms with E-state index in [0.29, 0.717) is 5.56 Å². The Morgan fingerprint density at radius 2 is 1.70 bits per heavy atom. The first kappa shape index (κ1) is 20.1. The molecule has 2 aromatic carbocycles. The summed E-state index contributed by atoms with van der Waals surface area (Å²) in [5, 5.41) is 10.9. The van der Waals surface area contributed by atoms with E-state index in [2.05, 4.69) is 17.0 Å². The van der Waals surface area contributed by atoms with Crippen LogP contribution in [-0.2, 0) is 22.5 Å². The fourth-order valence-electron chi connectivity index (χ4n) is 2.61. The lowest BCUT2D eigenvalue weighted by atomic mass is 10.0. The molecule has 0 spiro atoms. The lowest BCUT2D eigenvalue weighted by Crippen LogP contribution is -2.20. The Bertz CT molecular complexity index is 856. The molecule has 0 unspecified atom stereocenters. The molecule has 5 heteroatoms. The Morgan fingerprint density at radius 1 is 1.04 bits per heavy atom. The van der Waals surface area contributed by atoms with Crippen LogP contribution in [0.4, 0.5) is 0 Å². The normalized spacial score (nSPS) is 10.6. The second kappa shape index (κ2) is 10.1. The molecule has 0 bridgehead atoms. The third-order valence-electron chi connectivity index (χ3n) is 3.99. The van der Waals surface area contributed by atoms with Crippen LogP contribution in [0.25, 0.3) is 0 Å². The standard InChI is InChI=1S/C22H24N2O3/c1-3-6-16-7-4-9-18(13-16)20(23)11-12-21(25)24-15-17-8-5-10-19(14-17)22(26)27-2/h4-5,7-14,23H,3,6,15H2,1-2H3,(H,24,25)/b12-11-,23-20?. The van der Waals surface area contributed by atoms with Crippen molar-refractivity contribution < 1.29 is 14.3 Å². The second-order valence-corrected chi connectivity index (χ2v) is 6.11. The number of ether oxygens (including phenoxy) is 1. The summed E-state index contributed by atoms with van der Waals surface area (Å²) in [6, 6.07) is 14.7. The summed E-state index contributed by atoms with van der Waals surface area (Å²) in [5.41, 5.74) is 3.49. The van der Waals surface area contributed by atoms with Crippen molar-refractivity contribution in [1.82, 2.24) is 5.32 Å². The van der Waals surface area contributed by atoms with E-state index in [0.717, 1.165) is 24.0 Å². The molecule has 2 N–H and O–H groups in total. The van der Waals surface area contributed by atoms with Crippen LogP contribution in [0, 0.1) is 5.41 Å². The maximum atomic E-state index is 12.0. The van der Waals surface area contributed by atoms with Crippen LogP contribution in [0.5, 0.6) is 0 Å². The highest BCUT2D eigenvalue weighted by Gasteiger charge is 2.06. The number of benzene rings is 2. The molecule has 2 rings (SSSR count). The molecule has 0 radical (unpaired) electrons. The van der Waals surface area contributed by atoms with Gasteiger partial charge in [-0.15, -0.1) is 0 Å². The number of amides is 1. The number of carbonyl (C=O) groups is 2. The van der Waals surface area contributed by atoms with Crippen molar-refractivity contribution in [3.05, 3.63) is 82.9 Å². The molecule has 0 aliphatic heterocycles. The van der Waals surface area contributed by atoms with Crippen molar-refractivity contribution in [1.29, 1.82) is 5.41 Å². The van der Waals surface area contributed by atoms with E-state index in [4.69, 9.17) is 5.41 Å². The molecule has 0 aliphatic carbocycles. The van der Waals surface area contributed by atoms with Crippen LogP contribution in [-0.4, -0.2) is 24.7 Å². The van der Waals surface area contributed by atoms with Crippen LogP contribution in [0.2, 0.25) is 0 Å². The van der Waals surface area contributed by atoms with Crippen LogP contribution in [0.15, 0.2) is 60.7 Å². The van der Waals surface area contributed by atoms with Gasteiger partial charge >= 0.3 is 5.97 Å². The van der Waals surface area contributed by atoms with E-state index in [-0.39, 0.29) is 18.2 Å². The number of hydrogen-bond acceptors (Lipinski definition) is 4. The minimum Gasteiger partial charge on any atom is -0.465 e. The SMILES string of the molecule is CCCc1cccc(C(=N)/C=C\C(=O)NCc2cccc(C(=O)OC)c2)c1. The van der Waals surface area contributed by atoms with Crippen LogP contribution in [0.3, 0.4) is 0 Å². The van der Waals surface area contributed by atoms with Gasteiger partial charge in [0.2, 0.25) is 5.91 Å². The first-order valence-corrected chi connectivity index (χ1v) is 8.84. The molecule has 0 saturated heterocycles. The summed E-state index contributed by atoms with van der Waals surface area (Å²) in [7, 11) is 1.33. The monoisotopic (exact) mass is 364 g/mol. The average Bonchev–Trinajstić information content (AvgIpc) is 2.70. The largest absolute Gasteiger partial charge is 0.465 e. The number of hydrogen-bond donors (Lipinski definition) is 2. The third kappa shape index (κ3) is 6.22. The van der Waals surface area contributed by atoms with Crippen molar-refractivity contribution in [3.63, 3.8) is 0 Å². The van der Waals surface area contributed by atoms with Gasteiger partial charge in [-0.2, -0.15) is 0 Å². The van der Waals surface area contributed by atoms with Crippen LogP contribution < -0.4 is 5.32 Å². The molecule has 1 amide bonds. The molecule has 27 heavy (non-hydrogen) atoms. The van der Waals surface area contributed by atoms with Crippen LogP contribution in [0.1, 0.15) is 40.4 Å². The fourth-order valence-corrected chi connectivity index (χ4v) is 2.61. The number of allylic oxidation sites excluding steroid dienone is 1. The molecule has 0 heterocycles. The fraction of sp³-hybridized carbons (Fsp3) is 0.227. The summed E-state index contributed by atoms with van der Waals surface area (Å²) in [4.78, 5) is 23.5. The highest BCUT2D eigenvalue weighted by atomic mass is 16.5. The Kier molecular flexibility index (Phi) is 7.49. The summed E-state index contributed by atoms with van der Waals surface area (Å²) in [6.45, 7) is 2.40. The Labute approximate surface area is 159 Å². The molecule has 2 aromatic rings. The zero-order chi connectivity index (χ0) is 19.6. The molecular weight excluding hydrogens is 340 g/mol. The zero-order valence-corrected chi connectivity index (χ0v) is 15.6. The summed E-state index contributed by atoms with van der Waals surface area (Å²) in [6.07, 6.45) is 4.85. The highest BCUT2D eigenvalue weighted by Crippen LogP contribution is 2.09. The number of nitrogens with one attached hydrogen (secondary N) is 2. The van der Waals surface area contributed by atoms with Gasteiger partial charge in [0.25, 0.3) is 0 Å². The van der Waals surface area contributed by atoms with E-state index in [1.165, 1.54) is 24.8 Å². The number of esters is 1. The maximum Gasteiger partial charge on any atom is 0.337 e. The van der Waals surface area contributed by atoms with Gasteiger partial charge in [-0.1, -0.05) is 43.7 Å². The Hall–Kier alpha value is -3.21. The lowest BCUT2D eigenvalue weighted by molar-refractivity contribution is -0.116. The van der Waals surface area contributed by atoms with Crippen molar-refractivity contribution in [2.45, 2.75) is 26.3 Å². The number of aryl methyl sites for hydroxylation is 1. The molecule has 5 nitrogen and oxygen atoms in total. The minimum atomic E-state index is -0.415. The van der Waals surface area contributed by atoms with Crippen molar-refractivity contribution in [3.8, 4) is 0 Å². The molecule has 140 valence electrons. The van der Waals surface area contributed by atoms with E-state index in [1.807, 2.05) is 30.3 Å². The first-order chi connectivity index (χ1) is 13.0. The van der Waals surface area contributed by atoms with E-state index >= 15 is 0 Å². The van der Waals surface area contributed by atoms with Crippen molar-refractivity contribution in [2.75, 3.05) is 7.11 Å². The lowest BCUT2D eigenvalue weighted by Gasteiger charge is -2.05. The maximum absolute atomic E-state index is 12.0.